The van der Waals surface area contributed by atoms with Crippen LogP contribution in [0.25, 0.3) is 0 Å². The predicted octanol–water partition coefficient (Wildman–Crippen LogP) is 3.13. The van der Waals surface area contributed by atoms with Gasteiger partial charge in [0.15, 0.2) is 11.5 Å². The first-order chi connectivity index (χ1) is 16.6. The lowest BCUT2D eigenvalue weighted by Crippen LogP contribution is -2.49. The summed E-state index contributed by atoms with van der Waals surface area (Å²) in [6.45, 7) is 13.0. The molecule has 2 rings (SSSR count). The molecular weight excluding hydrogens is 454 g/mol. The van der Waals surface area contributed by atoms with Gasteiger partial charge in [0.2, 0.25) is 11.7 Å². The Labute approximate surface area is 207 Å². The zero-order valence-corrected chi connectivity index (χ0v) is 21.7. The Morgan fingerprint density at radius 2 is 1.49 bits per heavy atom. The Hall–Kier alpha value is -3.17. The lowest BCUT2D eigenvalue weighted by molar-refractivity contribution is -0.121. The molecule has 0 saturated carbocycles. The van der Waals surface area contributed by atoms with Crippen LogP contribution in [0.15, 0.2) is 12.1 Å². The van der Waals surface area contributed by atoms with E-state index in [9.17, 15) is 14.4 Å². The fourth-order valence-electron chi connectivity index (χ4n) is 3.67. The van der Waals surface area contributed by atoms with Gasteiger partial charge in [-0.15, -0.1) is 0 Å². The average molecular weight is 494 g/mol. The van der Waals surface area contributed by atoms with Crippen LogP contribution in [-0.2, 0) is 9.53 Å². The second-order valence-electron chi connectivity index (χ2n) is 9.09. The molecule has 10 heteroatoms. The maximum atomic E-state index is 13.2. The first-order valence-electron chi connectivity index (χ1n) is 12.2. The molecule has 10 nitrogen and oxygen atoms in total. The number of ether oxygens (including phenoxy) is 4. The molecule has 3 amide bonds. The zero-order chi connectivity index (χ0) is 26.0. The molecule has 2 N–H and O–H groups in total. The third kappa shape index (κ3) is 8.84. The van der Waals surface area contributed by atoms with Crippen molar-refractivity contribution in [2.75, 3.05) is 39.5 Å². The van der Waals surface area contributed by atoms with Gasteiger partial charge in [0.05, 0.1) is 19.8 Å². The van der Waals surface area contributed by atoms with E-state index in [0.29, 0.717) is 68.6 Å². The summed E-state index contributed by atoms with van der Waals surface area (Å²) in [5.41, 5.74) is -0.166. The summed E-state index contributed by atoms with van der Waals surface area (Å²) in [5.74, 6) is 1.02. The molecule has 0 aliphatic carbocycles. The maximum absolute atomic E-state index is 13.2. The number of nitrogens with zero attached hydrogens (tertiary/aromatic N) is 1. The van der Waals surface area contributed by atoms with Crippen LogP contribution in [-0.4, -0.2) is 73.9 Å². The summed E-state index contributed by atoms with van der Waals surface area (Å²) in [4.78, 5) is 38.9. The van der Waals surface area contributed by atoms with Crippen molar-refractivity contribution in [3.8, 4) is 17.2 Å². The first kappa shape index (κ1) is 28.1. The monoisotopic (exact) mass is 493 g/mol. The molecule has 0 spiro atoms. The van der Waals surface area contributed by atoms with Crippen molar-refractivity contribution in [3.05, 3.63) is 17.7 Å². The Bertz CT molecular complexity index is 847. The van der Waals surface area contributed by atoms with Crippen molar-refractivity contribution in [1.29, 1.82) is 0 Å². The fourth-order valence-corrected chi connectivity index (χ4v) is 3.67. The quantitative estimate of drug-likeness (QED) is 0.514. The van der Waals surface area contributed by atoms with Crippen LogP contribution < -0.4 is 24.8 Å². The van der Waals surface area contributed by atoms with E-state index in [4.69, 9.17) is 18.9 Å². The van der Waals surface area contributed by atoms with Gasteiger partial charge in [-0.1, -0.05) is 0 Å². The summed E-state index contributed by atoms with van der Waals surface area (Å²) in [6, 6.07) is 3.30. The molecule has 0 aromatic heterocycles. The van der Waals surface area contributed by atoms with Crippen LogP contribution >= 0.6 is 0 Å². The molecule has 1 aliphatic heterocycles. The number of alkyl carbamates (subject to hydrolysis) is 1. The Morgan fingerprint density at radius 3 is 1.97 bits per heavy atom. The lowest BCUT2D eigenvalue weighted by Gasteiger charge is -2.32. The Balaban J connectivity index is 1.95. The van der Waals surface area contributed by atoms with Crippen LogP contribution in [0.1, 0.15) is 64.7 Å². The molecule has 1 fully saturated rings. The van der Waals surface area contributed by atoms with E-state index in [2.05, 4.69) is 10.6 Å². The van der Waals surface area contributed by atoms with Gasteiger partial charge in [-0.3, -0.25) is 9.59 Å². The van der Waals surface area contributed by atoms with Gasteiger partial charge < -0.3 is 34.5 Å². The van der Waals surface area contributed by atoms with Crippen LogP contribution in [0.3, 0.4) is 0 Å². The molecule has 1 aromatic carbocycles. The van der Waals surface area contributed by atoms with E-state index >= 15 is 0 Å². The van der Waals surface area contributed by atoms with E-state index in [1.54, 1.807) is 37.8 Å². The van der Waals surface area contributed by atoms with E-state index in [1.807, 2.05) is 20.8 Å². The van der Waals surface area contributed by atoms with E-state index in [0.717, 1.165) is 0 Å². The third-order valence-corrected chi connectivity index (χ3v) is 5.10. The van der Waals surface area contributed by atoms with Crippen molar-refractivity contribution in [1.82, 2.24) is 15.5 Å². The maximum Gasteiger partial charge on any atom is 0.408 e. The van der Waals surface area contributed by atoms with Gasteiger partial charge in [0.1, 0.15) is 12.1 Å². The van der Waals surface area contributed by atoms with E-state index in [1.165, 1.54) is 0 Å². The first-order valence-corrected chi connectivity index (χ1v) is 12.2. The highest BCUT2D eigenvalue weighted by Crippen LogP contribution is 2.39. The highest BCUT2D eigenvalue weighted by molar-refractivity contribution is 5.95. The number of hydrogen-bond acceptors (Lipinski definition) is 7. The molecule has 0 unspecified atom stereocenters. The van der Waals surface area contributed by atoms with Crippen molar-refractivity contribution in [2.24, 2.45) is 0 Å². The van der Waals surface area contributed by atoms with Crippen LogP contribution in [0.2, 0.25) is 0 Å². The number of carbonyl (C=O) groups is 3. The number of benzene rings is 1. The smallest absolute Gasteiger partial charge is 0.408 e. The topological polar surface area (TPSA) is 115 Å². The number of likely N-dealkylation sites (tertiary alicyclic amines) is 1. The Kier molecular flexibility index (Phi) is 10.5. The molecule has 0 radical (unpaired) electrons. The fraction of sp³-hybridized carbons (Fsp3) is 0.640. The van der Waals surface area contributed by atoms with E-state index in [-0.39, 0.29) is 24.4 Å². The van der Waals surface area contributed by atoms with Crippen molar-refractivity contribution >= 4 is 17.9 Å². The largest absolute Gasteiger partial charge is 0.490 e. The highest BCUT2D eigenvalue weighted by Gasteiger charge is 2.27. The summed E-state index contributed by atoms with van der Waals surface area (Å²) < 4.78 is 22.3. The molecule has 1 aromatic rings. The van der Waals surface area contributed by atoms with Crippen LogP contribution in [0, 0.1) is 0 Å². The van der Waals surface area contributed by atoms with Crippen LogP contribution in [0.5, 0.6) is 17.2 Å². The Morgan fingerprint density at radius 1 is 0.943 bits per heavy atom. The molecule has 0 bridgehead atoms. The number of carbonyl (C=O) groups excluding carboxylic acids is 3. The van der Waals surface area contributed by atoms with Crippen LogP contribution in [0.4, 0.5) is 4.79 Å². The minimum absolute atomic E-state index is 0.0784. The number of hydrogen-bond donors (Lipinski definition) is 2. The van der Waals surface area contributed by atoms with Crippen molar-refractivity contribution in [3.63, 3.8) is 0 Å². The van der Waals surface area contributed by atoms with Crippen molar-refractivity contribution in [2.45, 2.75) is 66.0 Å². The van der Waals surface area contributed by atoms with Crippen molar-refractivity contribution < 1.29 is 33.3 Å². The molecular formula is C25H39N3O7. The molecule has 35 heavy (non-hydrogen) atoms. The SMILES string of the molecule is CCOc1cc(C(=O)N2CCC(NC(=O)CNC(=O)OC(C)(C)C)CC2)cc(OCC)c1OCC. The average Bonchev–Trinajstić information content (AvgIpc) is 2.79. The second kappa shape index (κ2) is 13.1. The van der Waals surface area contributed by atoms with Gasteiger partial charge in [-0.05, 0) is 66.5 Å². The molecule has 1 saturated heterocycles. The van der Waals surface area contributed by atoms with Gasteiger partial charge in [-0.25, -0.2) is 4.79 Å². The number of rotatable bonds is 10. The van der Waals surface area contributed by atoms with Gasteiger partial charge in [-0.2, -0.15) is 0 Å². The molecule has 196 valence electrons. The molecule has 0 atom stereocenters. The summed E-state index contributed by atoms with van der Waals surface area (Å²) >= 11 is 0. The summed E-state index contributed by atoms with van der Waals surface area (Å²) in [7, 11) is 0. The second-order valence-corrected chi connectivity index (χ2v) is 9.09. The third-order valence-electron chi connectivity index (χ3n) is 5.10. The van der Waals surface area contributed by atoms with Gasteiger partial charge in [0, 0.05) is 24.7 Å². The lowest BCUT2D eigenvalue weighted by atomic mass is 10.0. The predicted molar refractivity (Wildman–Crippen MR) is 131 cm³/mol. The minimum atomic E-state index is -0.638. The normalized spacial score (nSPS) is 14.2. The number of nitrogens with one attached hydrogen (secondary N) is 2. The molecule has 1 aliphatic rings. The highest BCUT2D eigenvalue weighted by atomic mass is 16.6. The summed E-state index contributed by atoms with van der Waals surface area (Å²) in [6.07, 6.45) is 0.580. The van der Waals surface area contributed by atoms with Gasteiger partial charge >= 0.3 is 6.09 Å². The standard InChI is InChI=1S/C25H39N3O7/c1-7-32-19-14-17(15-20(33-8-2)22(19)34-9-3)23(30)28-12-10-18(11-13-28)27-21(29)16-26-24(31)35-25(4,5)6/h14-15,18H,7-13,16H2,1-6H3,(H,26,31)(H,27,29). The molecule has 1 heterocycles. The summed E-state index contributed by atoms with van der Waals surface area (Å²) in [5, 5.41) is 5.36. The minimum Gasteiger partial charge on any atom is -0.490 e. The number of piperidine rings is 1. The zero-order valence-electron chi connectivity index (χ0n) is 21.7. The van der Waals surface area contributed by atoms with Gasteiger partial charge in [0.25, 0.3) is 5.91 Å². The van der Waals surface area contributed by atoms with E-state index < -0.39 is 11.7 Å². The number of amides is 3.